The maximum atomic E-state index is 3.64. The average Bonchev–Trinajstić information content (AvgIpc) is 2.84. The van der Waals surface area contributed by atoms with Crippen LogP contribution in [0.1, 0.15) is 30.7 Å². The first-order chi connectivity index (χ1) is 12.0. The van der Waals surface area contributed by atoms with Crippen molar-refractivity contribution in [2.24, 2.45) is 0 Å². The molecule has 1 saturated heterocycles. The van der Waals surface area contributed by atoms with Gasteiger partial charge in [-0.3, -0.25) is 4.90 Å². The van der Waals surface area contributed by atoms with Crippen LogP contribution in [0, 0.1) is 6.92 Å². The van der Waals surface area contributed by atoms with Crippen molar-refractivity contribution in [2.75, 3.05) is 33.2 Å². The van der Waals surface area contributed by atoms with Crippen molar-refractivity contribution in [3.05, 3.63) is 35.0 Å². The number of aryl methyl sites for hydroxylation is 1. The highest BCUT2D eigenvalue weighted by Gasteiger charge is 2.24. The van der Waals surface area contributed by atoms with Gasteiger partial charge in [0.1, 0.15) is 0 Å². The van der Waals surface area contributed by atoms with Gasteiger partial charge >= 0.3 is 0 Å². The summed E-state index contributed by atoms with van der Waals surface area (Å²) in [7, 11) is 2.24. The summed E-state index contributed by atoms with van der Waals surface area (Å²) < 4.78 is 2.62. The first-order valence-electron chi connectivity index (χ1n) is 9.79. The summed E-state index contributed by atoms with van der Waals surface area (Å²) in [6, 6.07) is 8.18. The van der Waals surface area contributed by atoms with E-state index in [-0.39, 0.29) is 0 Å². The minimum absolute atomic E-state index is 0.593. The molecule has 2 aromatic rings. The number of nitrogens with one attached hydrogen (secondary N) is 1. The lowest BCUT2D eigenvalue weighted by Gasteiger charge is -2.36. The number of likely N-dealkylation sites (N-methyl/N-ethyl adjacent to an activating group) is 1. The van der Waals surface area contributed by atoms with E-state index in [1.165, 1.54) is 29.4 Å². The zero-order chi connectivity index (χ0) is 17.6. The van der Waals surface area contributed by atoms with Crippen molar-refractivity contribution < 1.29 is 0 Å². The summed E-state index contributed by atoms with van der Waals surface area (Å²) in [5, 5.41) is 5.11. The topological polar surface area (TPSA) is 23.4 Å². The molecule has 0 amide bonds. The molecule has 0 aliphatic carbocycles. The zero-order valence-corrected chi connectivity index (χ0v) is 16.2. The molecule has 1 fully saturated rings. The number of fused-ring (bicyclic) bond motifs is 3. The van der Waals surface area contributed by atoms with E-state index in [4.69, 9.17) is 0 Å². The first kappa shape index (κ1) is 17.1. The van der Waals surface area contributed by atoms with Crippen molar-refractivity contribution in [1.29, 1.82) is 0 Å². The SMILES string of the molecule is Cc1ccc2c(c1)c1c(n2CCN2C[C@@H](C)N[C@@H](C)C2)CCN(C)C1. The van der Waals surface area contributed by atoms with E-state index < -0.39 is 0 Å². The van der Waals surface area contributed by atoms with Gasteiger partial charge in [0.2, 0.25) is 0 Å². The Bertz CT molecular complexity index is 753. The number of hydrogen-bond acceptors (Lipinski definition) is 3. The molecule has 1 aromatic heterocycles. The average molecular weight is 341 g/mol. The van der Waals surface area contributed by atoms with Crippen LogP contribution in [0.25, 0.3) is 10.9 Å². The van der Waals surface area contributed by atoms with Crippen molar-refractivity contribution in [1.82, 2.24) is 19.7 Å². The van der Waals surface area contributed by atoms with Crippen molar-refractivity contribution >= 4 is 10.9 Å². The molecule has 0 unspecified atom stereocenters. The molecular formula is C21H32N4. The van der Waals surface area contributed by atoms with Gasteiger partial charge in [0.15, 0.2) is 0 Å². The van der Waals surface area contributed by atoms with Crippen LogP contribution in [-0.2, 0) is 19.5 Å². The van der Waals surface area contributed by atoms with Gasteiger partial charge in [-0.25, -0.2) is 0 Å². The summed E-state index contributed by atoms with van der Waals surface area (Å²) in [5.41, 5.74) is 5.94. The predicted molar refractivity (Wildman–Crippen MR) is 105 cm³/mol. The second kappa shape index (κ2) is 6.75. The molecule has 1 aromatic carbocycles. The summed E-state index contributed by atoms with van der Waals surface area (Å²) >= 11 is 0. The Morgan fingerprint density at radius 2 is 1.88 bits per heavy atom. The molecule has 4 rings (SSSR count). The second-order valence-electron chi connectivity index (χ2n) is 8.31. The van der Waals surface area contributed by atoms with Crippen LogP contribution in [0.4, 0.5) is 0 Å². The Morgan fingerprint density at radius 3 is 2.64 bits per heavy atom. The first-order valence-corrected chi connectivity index (χ1v) is 9.79. The Morgan fingerprint density at radius 1 is 1.12 bits per heavy atom. The number of hydrogen-bond donors (Lipinski definition) is 1. The fraction of sp³-hybridized carbons (Fsp3) is 0.619. The minimum Gasteiger partial charge on any atom is -0.343 e. The van der Waals surface area contributed by atoms with Gasteiger partial charge in [-0.2, -0.15) is 0 Å². The van der Waals surface area contributed by atoms with Gasteiger partial charge in [0, 0.05) is 74.4 Å². The monoisotopic (exact) mass is 340 g/mol. The number of nitrogens with zero attached hydrogens (tertiary/aromatic N) is 3. The second-order valence-corrected chi connectivity index (χ2v) is 8.31. The molecule has 0 bridgehead atoms. The summed E-state index contributed by atoms with van der Waals surface area (Å²) in [5.74, 6) is 0. The minimum atomic E-state index is 0.593. The highest BCUT2D eigenvalue weighted by molar-refractivity contribution is 5.86. The van der Waals surface area contributed by atoms with Gasteiger partial charge in [-0.15, -0.1) is 0 Å². The molecular weight excluding hydrogens is 308 g/mol. The standard InChI is InChI=1S/C21H32N4/c1-15-5-6-20-18(11-15)19-14-23(4)8-7-21(19)25(20)10-9-24-12-16(2)22-17(3)13-24/h5-6,11,16-17,22H,7-10,12-14H2,1-4H3/t16-,17+. The highest BCUT2D eigenvalue weighted by atomic mass is 15.2. The van der Waals surface area contributed by atoms with Crippen LogP contribution in [0.5, 0.6) is 0 Å². The number of piperazine rings is 1. The lowest BCUT2D eigenvalue weighted by atomic mass is 10.0. The van der Waals surface area contributed by atoms with Crippen LogP contribution < -0.4 is 5.32 Å². The number of benzene rings is 1. The molecule has 0 spiro atoms. The van der Waals surface area contributed by atoms with Gasteiger partial charge in [0.25, 0.3) is 0 Å². The van der Waals surface area contributed by atoms with Crippen LogP contribution in [-0.4, -0.2) is 59.7 Å². The smallest absolute Gasteiger partial charge is 0.0486 e. The van der Waals surface area contributed by atoms with E-state index in [1.54, 1.807) is 11.3 Å². The quantitative estimate of drug-likeness (QED) is 0.929. The molecule has 25 heavy (non-hydrogen) atoms. The van der Waals surface area contributed by atoms with E-state index in [0.717, 1.165) is 32.7 Å². The maximum Gasteiger partial charge on any atom is 0.0486 e. The third-order valence-electron chi connectivity index (χ3n) is 5.87. The molecule has 2 atom stereocenters. The summed E-state index contributed by atoms with van der Waals surface area (Å²) in [6.45, 7) is 13.6. The molecule has 4 nitrogen and oxygen atoms in total. The van der Waals surface area contributed by atoms with E-state index in [0.29, 0.717) is 12.1 Å². The van der Waals surface area contributed by atoms with Gasteiger partial charge in [-0.1, -0.05) is 11.6 Å². The molecule has 4 heteroatoms. The predicted octanol–water partition coefficient (Wildman–Crippen LogP) is 2.62. The third kappa shape index (κ3) is 3.35. The number of rotatable bonds is 3. The Kier molecular flexibility index (Phi) is 4.61. The van der Waals surface area contributed by atoms with Gasteiger partial charge < -0.3 is 14.8 Å². The van der Waals surface area contributed by atoms with Crippen LogP contribution in [0.15, 0.2) is 18.2 Å². The van der Waals surface area contributed by atoms with Crippen LogP contribution >= 0.6 is 0 Å². The van der Waals surface area contributed by atoms with Crippen molar-refractivity contribution in [2.45, 2.75) is 52.4 Å². The third-order valence-corrected chi connectivity index (χ3v) is 5.87. The molecule has 1 N–H and O–H groups in total. The van der Waals surface area contributed by atoms with Crippen LogP contribution in [0.3, 0.4) is 0 Å². The normalized spacial score (nSPS) is 25.4. The molecule has 136 valence electrons. The lowest BCUT2D eigenvalue weighted by molar-refractivity contribution is 0.168. The molecule has 0 saturated carbocycles. The largest absolute Gasteiger partial charge is 0.343 e. The molecule has 2 aliphatic rings. The molecule has 0 radical (unpaired) electrons. The van der Waals surface area contributed by atoms with E-state index >= 15 is 0 Å². The Balaban J connectivity index is 1.63. The van der Waals surface area contributed by atoms with Crippen molar-refractivity contribution in [3.63, 3.8) is 0 Å². The highest BCUT2D eigenvalue weighted by Crippen LogP contribution is 2.31. The lowest BCUT2D eigenvalue weighted by Crippen LogP contribution is -2.54. The summed E-state index contributed by atoms with van der Waals surface area (Å²) in [4.78, 5) is 5.08. The fourth-order valence-corrected chi connectivity index (χ4v) is 4.82. The zero-order valence-electron chi connectivity index (χ0n) is 16.2. The molecule has 3 heterocycles. The summed E-state index contributed by atoms with van der Waals surface area (Å²) in [6.07, 6.45) is 1.17. The van der Waals surface area contributed by atoms with E-state index in [2.05, 4.69) is 65.7 Å². The fourth-order valence-electron chi connectivity index (χ4n) is 4.82. The van der Waals surface area contributed by atoms with E-state index in [9.17, 15) is 0 Å². The Labute approximate surface area is 151 Å². The molecule has 2 aliphatic heterocycles. The maximum absolute atomic E-state index is 3.64. The van der Waals surface area contributed by atoms with Crippen molar-refractivity contribution in [3.8, 4) is 0 Å². The van der Waals surface area contributed by atoms with E-state index in [1.807, 2.05) is 0 Å². The number of aromatic nitrogens is 1. The van der Waals surface area contributed by atoms with Crippen LogP contribution in [0.2, 0.25) is 0 Å². The van der Waals surface area contributed by atoms with Gasteiger partial charge in [0.05, 0.1) is 0 Å². The Hall–Kier alpha value is -1.36. The van der Waals surface area contributed by atoms with Gasteiger partial charge in [-0.05, 0) is 45.5 Å².